The molecule has 1 unspecified atom stereocenters. The third-order valence-electron chi connectivity index (χ3n) is 29.3. The summed E-state index contributed by atoms with van der Waals surface area (Å²) in [5.41, 5.74) is 30.1. The number of aromatic nitrogens is 3. The van der Waals surface area contributed by atoms with Gasteiger partial charge in [-0.1, -0.05) is 260 Å². The summed E-state index contributed by atoms with van der Waals surface area (Å²) in [5.74, 6) is 0. The van der Waals surface area contributed by atoms with E-state index in [1.54, 1.807) is 0 Å². The molecular weight excluding hydrogens is 1830 g/mol. The van der Waals surface area contributed by atoms with Crippen LogP contribution in [0.4, 0.5) is 62.6 Å². The van der Waals surface area contributed by atoms with E-state index in [9.17, 15) is 0 Å². The van der Waals surface area contributed by atoms with Gasteiger partial charge in [0.05, 0.1) is 16.8 Å². The molecule has 0 spiro atoms. The highest BCUT2D eigenvalue weighted by Crippen LogP contribution is 2.41. The normalized spacial score (nSPS) is 13.9. The van der Waals surface area contributed by atoms with Gasteiger partial charge in [-0.25, -0.2) is 4.58 Å². The van der Waals surface area contributed by atoms with Gasteiger partial charge in [0, 0.05) is 243 Å². The SMILES string of the molecule is C.CCCCN(CCCC)c1ccc(N(c2ccc(N(CCCC)CCCC)cc2)c2ccc([N+](=C3C=CC(=[N+](CCCC)CCCC)C=C3)c3ccc(N(CCCC)CCCC)cc3)cc2)cc1.CCN1C=CC(=CC=Cc2cc[n+](CC)c3ccccc23)c2ccccc21.CCN1C=CC(=CC=Cc2cc[n+](CC)c3ccccc23)c2ccccc21.CCN1c2ccccc2C=CC1CC=Cc1ccc2ccccc2[n+]1CC.[3H-].[3H-].[3H-]. The van der Waals surface area contributed by atoms with E-state index in [0.717, 1.165) is 109 Å². The van der Waals surface area contributed by atoms with E-state index in [4.69, 9.17) is 0 Å². The van der Waals surface area contributed by atoms with E-state index in [-0.39, 0.29) is 11.7 Å². The topological polar surface area (TPSA) is 40.3 Å². The third kappa shape index (κ3) is 29.7. The molecule has 10 aromatic carbocycles. The minimum Gasteiger partial charge on any atom is -1.00 e. The fraction of sp³-hybridized carbons (Fsp3) is 0.341. The van der Waals surface area contributed by atoms with Crippen LogP contribution in [0, 0.1) is 0 Å². The number of anilines is 9. The van der Waals surface area contributed by atoms with Crippen molar-refractivity contribution in [3.05, 3.63) is 398 Å². The molecule has 6 heterocycles. The fourth-order valence-corrected chi connectivity index (χ4v) is 20.7. The molecule has 0 bridgehead atoms. The van der Waals surface area contributed by atoms with Crippen molar-refractivity contribution in [2.45, 2.75) is 239 Å². The van der Waals surface area contributed by atoms with Crippen LogP contribution in [0.1, 0.15) is 251 Å². The van der Waals surface area contributed by atoms with Crippen LogP contribution >= 0.6 is 0 Å². The molecule has 13 aromatic rings. The number of pyridine rings is 3. The molecule has 1 atom stereocenters. The molecule has 786 valence electrons. The number of fused-ring (bicyclic) bond motifs is 6. The monoisotopic (exact) mass is 2010 g/mol. The Morgan fingerprint density at radius 3 is 1.15 bits per heavy atom. The second kappa shape index (κ2) is 59.8. The molecule has 3 aliphatic heterocycles. The molecular formula is C138H176N12+2. The molecule has 0 radical (unpaired) electrons. The number of aryl methyl sites for hydroxylation is 3. The van der Waals surface area contributed by atoms with Crippen LogP contribution in [-0.2, 0) is 19.6 Å². The molecule has 150 heavy (non-hydrogen) atoms. The molecule has 0 saturated heterocycles. The van der Waals surface area contributed by atoms with Gasteiger partial charge in [0.2, 0.25) is 39.3 Å². The predicted molar refractivity (Wildman–Crippen MR) is 660 cm³/mol. The zero-order chi connectivity index (χ0) is 104. The summed E-state index contributed by atoms with van der Waals surface area (Å²) in [5, 5.41) is 3.86. The van der Waals surface area contributed by atoms with Crippen molar-refractivity contribution in [2.75, 3.05) is 106 Å². The first-order valence-electron chi connectivity index (χ1n) is 56.8. The summed E-state index contributed by atoms with van der Waals surface area (Å²) >= 11 is 0. The van der Waals surface area contributed by atoms with Crippen molar-refractivity contribution >= 4 is 142 Å². The first-order chi connectivity index (χ1) is 73.4. The molecule has 0 saturated carbocycles. The number of allylic oxidation sites excluding steroid dienone is 12. The van der Waals surface area contributed by atoms with Crippen molar-refractivity contribution in [1.82, 2.24) is 4.58 Å². The number of benzene rings is 10. The summed E-state index contributed by atoms with van der Waals surface area (Å²) in [6.07, 6.45) is 65.1. The van der Waals surface area contributed by atoms with Crippen molar-refractivity contribution in [3.63, 3.8) is 0 Å². The van der Waals surface area contributed by atoms with Crippen LogP contribution in [0.15, 0.2) is 365 Å². The Hall–Kier alpha value is -14.2. The Morgan fingerprint density at radius 1 is 0.340 bits per heavy atom. The largest absolute Gasteiger partial charge is 1.00 e. The van der Waals surface area contributed by atoms with E-state index < -0.39 is 0 Å². The molecule has 0 amide bonds. The van der Waals surface area contributed by atoms with Crippen molar-refractivity contribution < 1.29 is 22.6 Å². The lowest BCUT2D eigenvalue weighted by atomic mass is 9.99. The first-order valence-corrected chi connectivity index (χ1v) is 56.8. The van der Waals surface area contributed by atoms with Gasteiger partial charge in [0.25, 0.3) is 0 Å². The lowest BCUT2D eigenvalue weighted by Gasteiger charge is -2.34. The molecule has 0 fully saturated rings. The second-order valence-corrected chi connectivity index (χ2v) is 39.3. The summed E-state index contributed by atoms with van der Waals surface area (Å²) < 4.78 is 12.0. The van der Waals surface area contributed by atoms with E-state index in [1.165, 1.54) is 243 Å². The van der Waals surface area contributed by atoms with Crippen LogP contribution in [0.3, 0.4) is 0 Å². The van der Waals surface area contributed by atoms with Crippen LogP contribution in [0.25, 0.3) is 68.2 Å². The van der Waals surface area contributed by atoms with Gasteiger partial charge in [-0.05, 0) is 242 Å². The number of likely N-dealkylation sites (N-methyl/N-ethyl adjacent to an activating group) is 1. The standard InChI is InChI=1S/C62H92N6.2C25H25N2.C25H27N2.CH4.3H/c1-9-17-45-63(46-18-10-2)53-25-33-57(34-26-53)67(58-35-27-54(28-36-58)64(47-19-11-3)48-20-12-4)61-41-43-62(44-42-61)68(59-37-29-55(30-38-59)65(49-21-13-5)50-22-14-6)60-39-31-56(32-40-60)66(51-23-15-7)52-24-16-8;2*1-3-26-18-16-20(22-12-5-7-14-24(22)26)10-9-11-21-17-19-27(4-2)25-15-8-6-13-23(21)25;1-3-26-22(18-16-20-10-5-7-14-24(20)26)12-9-13-23-19-17-21-11-6-8-15-25(21)27(23)4-2;;;;/h25-44H,9-24,45-52H2,1-8H3;2*5-19H,3-4H2,1-2H3;5-12,14-19,23H,3-4,13H2,1-2H3;1H4;;;/q+2;3*+1;;3*-1/i;;;;;3*1+2. The van der Waals surface area contributed by atoms with Crippen molar-refractivity contribution in [3.8, 4) is 0 Å². The highest BCUT2D eigenvalue weighted by atomic mass is 15.2. The highest BCUT2D eigenvalue weighted by molar-refractivity contribution is 6.18. The van der Waals surface area contributed by atoms with Gasteiger partial charge < -0.3 is 38.6 Å². The molecule has 0 N–H and O–H groups in total. The fourth-order valence-electron chi connectivity index (χ4n) is 20.7. The Labute approximate surface area is 907 Å². The van der Waals surface area contributed by atoms with Gasteiger partial charge in [0.15, 0.2) is 18.1 Å². The minimum atomic E-state index is 0. The average Bonchev–Trinajstić information content (AvgIpc) is 0.777. The van der Waals surface area contributed by atoms with E-state index in [1.807, 2.05) is 0 Å². The van der Waals surface area contributed by atoms with Gasteiger partial charge in [-0.2, -0.15) is 18.3 Å². The molecule has 4 aliphatic rings. The zero-order valence-corrected chi connectivity index (χ0v) is 92.3. The zero-order valence-electron chi connectivity index (χ0n) is 95.3. The number of para-hydroxylation sites is 6. The van der Waals surface area contributed by atoms with Crippen molar-refractivity contribution in [1.29, 1.82) is 0 Å². The van der Waals surface area contributed by atoms with Crippen LogP contribution in [-0.4, -0.2) is 94.0 Å². The Bertz CT molecular complexity index is 6570. The summed E-state index contributed by atoms with van der Waals surface area (Å²) in [6.45, 7) is 46.2. The summed E-state index contributed by atoms with van der Waals surface area (Å²) in [4.78, 5) is 17.3. The van der Waals surface area contributed by atoms with E-state index in [0.29, 0.717) is 6.04 Å². The van der Waals surface area contributed by atoms with Crippen molar-refractivity contribution in [2.24, 2.45) is 0 Å². The molecule has 17 rings (SSSR count). The highest BCUT2D eigenvalue weighted by Gasteiger charge is 2.28. The molecule has 1 aliphatic carbocycles. The summed E-state index contributed by atoms with van der Waals surface area (Å²) in [7, 11) is 0. The number of hydrogen-bond acceptors (Lipinski definition) is 7. The molecule has 12 nitrogen and oxygen atoms in total. The average molecular weight is 2010 g/mol. The maximum atomic E-state index is 2.58. The maximum Gasteiger partial charge on any atom is 0.213 e. The molecule has 3 aromatic heterocycles. The minimum absolute atomic E-state index is 0. The van der Waals surface area contributed by atoms with Crippen LogP contribution in [0.2, 0.25) is 0 Å². The quantitative estimate of drug-likeness (QED) is 0.0278. The Balaban J connectivity index is 0.000000230. The number of rotatable bonds is 45. The van der Waals surface area contributed by atoms with Gasteiger partial charge in [-0.3, -0.25) is 0 Å². The number of hydrogen-bond donors (Lipinski definition) is 0. The van der Waals surface area contributed by atoms with Gasteiger partial charge in [0.1, 0.15) is 32.7 Å². The first kappa shape index (κ1) is 113. The number of nitrogens with zero attached hydrogens (tertiary/aromatic N) is 12. The Morgan fingerprint density at radius 2 is 0.727 bits per heavy atom. The van der Waals surface area contributed by atoms with Crippen LogP contribution < -0.4 is 52.6 Å². The smallest absolute Gasteiger partial charge is 0.213 e. The number of unbranched alkanes of at least 4 members (excludes halogenated alkanes) is 8. The van der Waals surface area contributed by atoms with Gasteiger partial charge >= 0.3 is 0 Å². The van der Waals surface area contributed by atoms with Crippen LogP contribution in [0.5, 0.6) is 0 Å². The van der Waals surface area contributed by atoms with E-state index >= 15 is 0 Å². The lowest BCUT2D eigenvalue weighted by Crippen LogP contribution is -2.37. The second-order valence-electron chi connectivity index (χ2n) is 39.3. The van der Waals surface area contributed by atoms with E-state index in [2.05, 4.69) is 543 Å². The lowest BCUT2D eigenvalue weighted by molar-refractivity contribution is -0.669. The maximum absolute atomic E-state index is 2.58. The molecule has 12 heteroatoms. The Kier molecular flexibility index (Phi) is 45.0. The summed E-state index contributed by atoms with van der Waals surface area (Å²) in [6, 6.07) is 98.3. The third-order valence-corrected chi connectivity index (χ3v) is 29.3. The van der Waals surface area contributed by atoms with Gasteiger partial charge in [-0.15, -0.1) is 0 Å². The predicted octanol–water partition coefficient (Wildman–Crippen LogP) is 34.5.